The van der Waals surface area contributed by atoms with Gasteiger partial charge < -0.3 is 5.73 Å². The summed E-state index contributed by atoms with van der Waals surface area (Å²) in [7, 11) is 0. The highest BCUT2D eigenvalue weighted by atomic mass is 32.1. The summed E-state index contributed by atoms with van der Waals surface area (Å²) in [6, 6.07) is 0.442. The number of hydrogen-bond donors (Lipinski definition) is 1. The van der Waals surface area contributed by atoms with Gasteiger partial charge in [0, 0.05) is 6.20 Å². The first kappa shape index (κ1) is 12.0. The van der Waals surface area contributed by atoms with Gasteiger partial charge in [-0.25, -0.2) is 0 Å². The second-order valence-corrected chi connectivity index (χ2v) is 3.48. The number of nitrogens with two attached hydrogens (primary N) is 1. The van der Waals surface area contributed by atoms with E-state index < -0.39 is 17.9 Å². The lowest BCUT2D eigenvalue weighted by atomic mass is 10.2. The number of aromatic nitrogens is 2. The van der Waals surface area contributed by atoms with Crippen molar-refractivity contribution < 1.29 is 13.2 Å². The quantitative estimate of drug-likeness (QED) is 0.819. The number of alkyl halides is 3. The Labute approximate surface area is 90.1 Å². The summed E-state index contributed by atoms with van der Waals surface area (Å²) in [6.45, 7) is 1.78. The van der Waals surface area contributed by atoms with E-state index in [1.807, 2.05) is 0 Å². The molecule has 1 unspecified atom stereocenters. The van der Waals surface area contributed by atoms with E-state index in [9.17, 15) is 13.2 Å². The second-order valence-electron chi connectivity index (χ2n) is 3.01. The Morgan fingerprint density at radius 3 is 2.60 bits per heavy atom. The molecule has 0 aliphatic carbocycles. The van der Waals surface area contributed by atoms with Crippen LogP contribution in [0.3, 0.4) is 0 Å². The summed E-state index contributed by atoms with van der Waals surface area (Å²) in [5.41, 5.74) is 4.45. The fourth-order valence-electron chi connectivity index (χ4n) is 1.18. The molecule has 1 aromatic rings. The first-order valence-electron chi connectivity index (χ1n) is 4.28. The van der Waals surface area contributed by atoms with Crippen molar-refractivity contribution in [2.24, 2.45) is 5.73 Å². The van der Waals surface area contributed by atoms with Gasteiger partial charge in [-0.3, -0.25) is 4.68 Å². The van der Waals surface area contributed by atoms with Crippen molar-refractivity contribution >= 4 is 17.2 Å². The largest absolute Gasteiger partial charge is 0.435 e. The Bertz CT molecular complexity index is 358. The lowest BCUT2D eigenvalue weighted by Crippen LogP contribution is -2.25. The van der Waals surface area contributed by atoms with Crippen LogP contribution in [0.4, 0.5) is 13.2 Å². The number of hydrogen-bond acceptors (Lipinski definition) is 2. The summed E-state index contributed by atoms with van der Waals surface area (Å²) in [4.78, 5) is 0.134. The van der Waals surface area contributed by atoms with Gasteiger partial charge >= 0.3 is 6.18 Å². The van der Waals surface area contributed by atoms with Crippen LogP contribution in [0.5, 0.6) is 0 Å². The van der Waals surface area contributed by atoms with Gasteiger partial charge in [0.1, 0.15) is 6.04 Å². The molecule has 0 fully saturated rings. The Morgan fingerprint density at radius 1 is 1.67 bits per heavy atom. The Balaban J connectivity index is 2.97. The maximum absolute atomic E-state index is 12.2. The Kier molecular flexibility index (Phi) is 3.33. The van der Waals surface area contributed by atoms with Crippen LogP contribution in [0.1, 0.15) is 25.1 Å². The maximum Gasteiger partial charge on any atom is 0.435 e. The highest BCUT2D eigenvalue weighted by Gasteiger charge is 2.34. The van der Waals surface area contributed by atoms with Gasteiger partial charge in [0.05, 0.1) is 4.99 Å². The molecular weight excluding hydrogens is 227 g/mol. The second kappa shape index (κ2) is 4.18. The van der Waals surface area contributed by atoms with Crippen molar-refractivity contribution in [2.75, 3.05) is 0 Å². The van der Waals surface area contributed by atoms with Crippen molar-refractivity contribution in [1.82, 2.24) is 9.78 Å². The molecule has 3 nitrogen and oxygen atoms in total. The molecule has 15 heavy (non-hydrogen) atoms. The molecule has 0 radical (unpaired) electrons. The summed E-state index contributed by atoms with van der Waals surface area (Å²) in [5, 5.41) is 3.40. The third-order valence-electron chi connectivity index (χ3n) is 1.93. The molecule has 0 spiro atoms. The van der Waals surface area contributed by atoms with E-state index in [0.29, 0.717) is 6.42 Å². The zero-order chi connectivity index (χ0) is 11.6. The van der Waals surface area contributed by atoms with E-state index in [1.54, 1.807) is 6.92 Å². The van der Waals surface area contributed by atoms with E-state index in [2.05, 4.69) is 5.10 Å². The fraction of sp³-hybridized carbons (Fsp3) is 0.500. The van der Waals surface area contributed by atoms with Crippen LogP contribution in [0.15, 0.2) is 12.3 Å². The molecule has 1 atom stereocenters. The lowest BCUT2D eigenvalue weighted by Gasteiger charge is -2.13. The molecule has 0 saturated carbocycles. The molecule has 1 rings (SSSR count). The minimum absolute atomic E-state index is 0.134. The molecule has 0 aliphatic heterocycles. The lowest BCUT2D eigenvalue weighted by molar-refractivity contribution is -0.141. The topological polar surface area (TPSA) is 43.8 Å². The monoisotopic (exact) mass is 237 g/mol. The molecule has 0 aromatic carbocycles. The summed E-state index contributed by atoms with van der Waals surface area (Å²) in [6.07, 6.45) is -2.69. The Hall–Kier alpha value is -1.11. The molecule has 0 aliphatic rings. The number of nitrogens with zero attached hydrogens (tertiary/aromatic N) is 2. The highest BCUT2D eigenvalue weighted by molar-refractivity contribution is 7.80. The van der Waals surface area contributed by atoms with Crippen molar-refractivity contribution in [1.29, 1.82) is 0 Å². The van der Waals surface area contributed by atoms with Crippen molar-refractivity contribution in [3.63, 3.8) is 0 Å². The highest BCUT2D eigenvalue weighted by Crippen LogP contribution is 2.28. The third kappa shape index (κ3) is 2.68. The molecule has 0 bridgehead atoms. The van der Waals surface area contributed by atoms with Crippen molar-refractivity contribution in [3.8, 4) is 0 Å². The van der Waals surface area contributed by atoms with Crippen LogP contribution >= 0.6 is 12.2 Å². The van der Waals surface area contributed by atoms with Crippen LogP contribution in [0.25, 0.3) is 0 Å². The molecular formula is C8H10F3N3S. The molecule has 0 saturated heterocycles. The molecule has 2 N–H and O–H groups in total. The van der Waals surface area contributed by atoms with Gasteiger partial charge in [-0.05, 0) is 12.5 Å². The van der Waals surface area contributed by atoms with E-state index >= 15 is 0 Å². The van der Waals surface area contributed by atoms with Crippen LogP contribution in [0, 0.1) is 0 Å². The first-order valence-corrected chi connectivity index (χ1v) is 4.68. The van der Waals surface area contributed by atoms with Gasteiger partial charge in [0.2, 0.25) is 0 Å². The molecule has 1 aromatic heterocycles. The maximum atomic E-state index is 12.2. The molecule has 7 heteroatoms. The third-order valence-corrected chi connectivity index (χ3v) is 2.21. The van der Waals surface area contributed by atoms with Gasteiger partial charge in [0.15, 0.2) is 5.69 Å². The van der Waals surface area contributed by atoms with Gasteiger partial charge in [-0.15, -0.1) is 0 Å². The standard InChI is InChI=1S/C8H10F3N3S/c1-2-5(7(12)15)14-4-3-6(13-14)8(9,10)11/h3-5H,2H2,1H3,(H2,12,15). The predicted molar refractivity (Wildman–Crippen MR) is 53.3 cm³/mol. The average molecular weight is 237 g/mol. The van der Waals surface area contributed by atoms with E-state index in [0.717, 1.165) is 10.7 Å². The number of thiocarbonyl (C=S) groups is 1. The zero-order valence-electron chi connectivity index (χ0n) is 7.95. The summed E-state index contributed by atoms with van der Waals surface area (Å²) < 4.78 is 37.8. The van der Waals surface area contributed by atoms with Crippen molar-refractivity contribution in [3.05, 3.63) is 18.0 Å². The first-order chi connectivity index (χ1) is 6.86. The molecule has 1 heterocycles. The van der Waals surface area contributed by atoms with E-state index in [-0.39, 0.29) is 4.99 Å². The zero-order valence-corrected chi connectivity index (χ0v) is 8.77. The van der Waals surface area contributed by atoms with Gasteiger partial charge in [-0.1, -0.05) is 19.1 Å². The molecule has 0 amide bonds. The fourth-order valence-corrected chi connectivity index (χ4v) is 1.46. The van der Waals surface area contributed by atoms with Crippen molar-refractivity contribution in [2.45, 2.75) is 25.6 Å². The summed E-state index contributed by atoms with van der Waals surface area (Å²) >= 11 is 4.74. The van der Waals surface area contributed by atoms with Crippen LogP contribution in [-0.2, 0) is 6.18 Å². The minimum Gasteiger partial charge on any atom is -0.392 e. The normalized spacial score (nSPS) is 13.9. The Morgan fingerprint density at radius 2 is 2.27 bits per heavy atom. The number of halogens is 3. The van der Waals surface area contributed by atoms with Gasteiger partial charge in [-0.2, -0.15) is 18.3 Å². The molecule has 84 valence electrons. The SMILES string of the molecule is CCC(C(N)=S)n1ccc(C(F)(F)F)n1. The average Bonchev–Trinajstić information content (AvgIpc) is 2.52. The minimum atomic E-state index is -4.43. The van der Waals surface area contributed by atoms with Gasteiger partial charge in [0.25, 0.3) is 0 Å². The number of rotatable bonds is 3. The predicted octanol–water partition coefficient (Wildman–Crippen LogP) is 2.14. The van der Waals surface area contributed by atoms with E-state index in [4.69, 9.17) is 18.0 Å². The smallest absolute Gasteiger partial charge is 0.392 e. The van der Waals surface area contributed by atoms with E-state index in [1.165, 1.54) is 6.20 Å². The summed E-state index contributed by atoms with van der Waals surface area (Å²) in [5.74, 6) is 0. The van der Waals surface area contributed by atoms with Crippen LogP contribution < -0.4 is 5.73 Å². The van der Waals surface area contributed by atoms with Crippen LogP contribution in [-0.4, -0.2) is 14.8 Å². The van der Waals surface area contributed by atoms with Crippen LogP contribution in [0.2, 0.25) is 0 Å².